The second kappa shape index (κ2) is 7.30. The molecule has 30 heavy (non-hydrogen) atoms. The van der Waals surface area contributed by atoms with E-state index in [2.05, 4.69) is 5.16 Å². The summed E-state index contributed by atoms with van der Waals surface area (Å²) < 4.78 is 52.4. The molecule has 156 valence electrons. The van der Waals surface area contributed by atoms with Crippen molar-refractivity contribution in [3.8, 4) is 34.3 Å². The van der Waals surface area contributed by atoms with Crippen molar-refractivity contribution >= 4 is 21.1 Å². The molecule has 0 aliphatic carbocycles. The molecule has 0 saturated heterocycles. The third kappa shape index (κ3) is 3.20. The number of nitrogens with zero attached hydrogens (tertiary/aromatic N) is 1. The fourth-order valence-corrected chi connectivity index (χ4v) is 4.26. The zero-order valence-corrected chi connectivity index (χ0v) is 17.0. The minimum absolute atomic E-state index is 0.0320. The molecule has 0 aliphatic heterocycles. The number of ether oxygens (including phenoxy) is 2. The number of benzene rings is 2. The summed E-state index contributed by atoms with van der Waals surface area (Å²) in [6, 6.07) is 9.02. The van der Waals surface area contributed by atoms with E-state index in [1.165, 1.54) is 38.7 Å². The van der Waals surface area contributed by atoms with Gasteiger partial charge < -0.3 is 27.7 Å². The van der Waals surface area contributed by atoms with Gasteiger partial charge in [-0.2, -0.15) is 8.42 Å². The fraction of sp³-hybridized carbons (Fsp3) is 0.150. The van der Waals surface area contributed by atoms with Crippen LogP contribution in [0.2, 0.25) is 0 Å². The van der Waals surface area contributed by atoms with Gasteiger partial charge in [-0.3, -0.25) is 0 Å². The first-order chi connectivity index (χ1) is 14.4. The number of aromatic nitrogens is 1. The van der Waals surface area contributed by atoms with Gasteiger partial charge in [-0.1, -0.05) is 5.16 Å². The van der Waals surface area contributed by atoms with Crippen molar-refractivity contribution in [1.82, 2.24) is 5.16 Å². The summed E-state index contributed by atoms with van der Waals surface area (Å²) in [6.07, 6.45) is 1.29. The van der Waals surface area contributed by atoms with Crippen molar-refractivity contribution in [3.05, 3.63) is 48.4 Å². The van der Waals surface area contributed by atoms with E-state index >= 15 is 0 Å². The van der Waals surface area contributed by atoms with Crippen LogP contribution in [0, 0.1) is 6.92 Å². The molecule has 2 aromatic heterocycles. The Bertz CT molecular complexity index is 1320. The molecule has 9 nitrogen and oxygen atoms in total. The van der Waals surface area contributed by atoms with Crippen molar-refractivity contribution in [2.75, 3.05) is 14.2 Å². The van der Waals surface area contributed by atoms with Gasteiger partial charge in [0.1, 0.15) is 28.7 Å². The average molecular weight is 431 g/mol. The van der Waals surface area contributed by atoms with Gasteiger partial charge in [0.15, 0.2) is 16.2 Å². The fourth-order valence-electron chi connectivity index (χ4n) is 3.09. The zero-order valence-electron chi connectivity index (χ0n) is 16.2. The number of phenolic OH excluding ortho intramolecular Hbond substituents is 1. The lowest BCUT2D eigenvalue weighted by molar-refractivity contribution is 0.393. The molecule has 10 heteroatoms. The minimum Gasteiger partial charge on any atom is -0.505 e. The van der Waals surface area contributed by atoms with Gasteiger partial charge in [0, 0.05) is 6.07 Å². The minimum atomic E-state index is -4.51. The summed E-state index contributed by atoms with van der Waals surface area (Å²) in [4.78, 5) is -0.547. The standard InChI is InChI=1S/C20H17NO8S/c1-11-10-15(21-28-11)16-17(22)20(19-14(8-9-27-19)18(16)26-3)30(23,24)29-13-6-4-12(25-2)5-7-13/h4-10,22H,1-3H3. The van der Waals surface area contributed by atoms with Crippen molar-refractivity contribution in [2.24, 2.45) is 0 Å². The molecular weight excluding hydrogens is 414 g/mol. The summed E-state index contributed by atoms with van der Waals surface area (Å²) in [5, 5.41) is 15.2. The van der Waals surface area contributed by atoms with Gasteiger partial charge in [-0.25, -0.2) is 0 Å². The Morgan fingerprint density at radius 1 is 1.03 bits per heavy atom. The van der Waals surface area contributed by atoms with Crippen LogP contribution in [0.1, 0.15) is 5.76 Å². The Balaban J connectivity index is 1.93. The van der Waals surface area contributed by atoms with Crippen LogP contribution in [0.25, 0.3) is 22.2 Å². The van der Waals surface area contributed by atoms with Crippen LogP contribution in [0.15, 0.2) is 56.5 Å². The SMILES string of the molecule is COc1ccc(OS(=O)(=O)c2c(O)c(-c3cc(C)on3)c(OC)c3ccoc23)cc1. The van der Waals surface area contributed by atoms with Gasteiger partial charge >= 0.3 is 10.1 Å². The van der Waals surface area contributed by atoms with E-state index in [1.54, 1.807) is 25.1 Å². The number of hydrogen-bond donors (Lipinski definition) is 1. The third-order valence-corrected chi connectivity index (χ3v) is 5.69. The van der Waals surface area contributed by atoms with Gasteiger partial charge in [-0.15, -0.1) is 0 Å². The lowest BCUT2D eigenvalue weighted by Gasteiger charge is -2.14. The summed E-state index contributed by atoms with van der Waals surface area (Å²) >= 11 is 0. The predicted molar refractivity (Wildman–Crippen MR) is 105 cm³/mol. The summed E-state index contributed by atoms with van der Waals surface area (Å²) in [5.74, 6) is 0.593. The molecule has 0 unspecified atom stereocenters. The Kier molecular flexibility index (Phi) is 4.78. The maximum Gasteiger partial charge on any atom is 0.346 e. The first-order valence-corrected chi connectivity index (χ1v) is 10.1. The van der Waals surface area contributed by atoms with E-state index < -0.39 is 20.8 Å². The first kappa shape index (κ1) is 19.6. The highest BCUT2D eigenvalue weighted by atomic mass is 32.2. The molecule has 0 amide bonds. The maximum absolute atomic E-state index is 13.1. The molecular formula is C20H17NO8S. The summed E-state index contributed by atoms with van der Waals surface area (Å²) in [7, 11) is -1.63. The summed E-state index contributed by atoms with van der Waals surface area (Å²) in [6.45, 7) is 1.67. The number of aryl methyl sites for hydroxylation is 1. The number of aromatic hydroxyl groups is 1. The van der Waals surface area contributed by atoms with Crippen LogP contribution < -0.4 is 13.7 Å². The highest BCUT2D eigenvalue weighted by Crippen LogP contribution is 2.48. The average Bonchev–Trinajstić information content (AvgIpc) is 3.35. The molecule has 1 N–H and O–H groups in total. The van der Waals surface area contributed by atoms with Crippen molar-refractivity contribution in [3.63, 3.8) is 0 Å². The van der Waals surface area contributed by atoms with Crippen molar-refractivity contribution in [1.29, 1.82) is 0 Å². The molecule has 0 radical (unpaired) electrons. The molecule has 2 aromatic carbocycles. The Hall–Kier alpha value is -3.66. The smallest absolute Gasteiger partial charge is 0.346 e. The number of phenols is 1. The van der Waals surface area contributed by atoms with Gasteiger partial charge in [-0.05, 0) is 37.3 Å². The van der Waals surface area contributed by atoms with E-state index in [0.29, 0.717) is 16.9 Å². The van der Waals surface area contributed by atoms with Crippen LogP contribution >= 0.6 is 0 Å². The Labute approximate surface area is 171 Å². The Morgan fingerprint density at radius 2 is 1.73 bits per heavy atom. The first-order valence-electron chi connectivity index (χ1n) is 8.68. The highest BCUT2D eigenvalue weighted by molar-refractivity contribution is 7.87. The molecule has 0 fully saturated rings. The molecule has 0 bridgehead atoms. The van der Waals surface area contributed by atoms with E-state index in [1.807, 2.05) is 0 Å². The van der Waals surface area contributed by atoms with E-state index in [4.69, 9.17) is 22.6 Å². The molecule has 0 atom stereocenters. The second-order valence-corrected chi connectivity index (χ2v) is 7.77. The topological polar surface area (TPSA) is 121 Å². The monoisotopic (exact) mass is 431 g/mol. The van der Waals surface area contributed by atoms with Gasteiger partial charge in [0.2, 0.25) is 0 Å². The molecule has 0 aliphatic rings. The van der Waals surface area contributed by atoms with Crippen molar-refractivity contribution < 1.29 is 36.1 Å². The van der Waals surface area contributed by atoms with Crippen LogP contribution in [0.5, 0.6) is 23.0 Å². The lowest BCUT2D eigenvalue weighted by atomic mass is 10.1. The summed E-state index contributed by atoms with van der Waals surface area (Å²) in [5.41, 5.74) is 0.132. The van der Waals surface area contributed by atoms with Gasteiger partial charge in [0.05, 0.1) is 31.4 Å². The molecule has 2 heterocycles. The molecule has 0 spiro atoms. The van der Waals surface area contributed by atoms with Crippen LogP contribution in [-0.2, 0) is 10.1 Å². The number of fused-ring (bicyclic) bond motifs is 1. The normalized spacial score (nSPS) is 11.6. The van der Waals surface area contributed by atoms with Crippen LogP contribution in [0.4, 0.5) is 0 Å². The number of furan rings is 1. The zero-order chi connectivity index (χ0) is 21.5. The van der Waals surface area contributed by atoms with E-state index in [9.17, 15) is 13.5 Å². The third-order valence-electron chi connectivity index (χ3n) is 4.40. The maximum atomic E-state index is 13.1. The van der Waals surface area contributed by atoms with E-state index in [0.717, 1.165) is 0 Å². The van der Waals surface area contributed by atoms with E-state index in [-0.39, 0.29) is 28.3 Å². The predicted octanol–water partition coefficient (Wildman–Crippen LogP) is 3.89. The number of methoxy groups -OCH3 is 2. The van der Waals surface area contributed by atoms with Crippen LogP contribution in [-0.4, -0.2) is 32.9 Å². The number of rotatable bonds is 6. The largest absolute Gasteiger partial charge is 0.505 e. The lowest BCUT2D eigenvalue weighted by Crippen LogP contribution is -2.11. The second-order valence-electron chi connectivity index (χ2n) is 6.29. The van der Waals surface area contributed by atoms with Gasteiger partial charge in [0.25, 0.3) is 0 Å². The molecule has 4 rings (SSSR count). The van der Waals surface area contributed by atoms with Crippen molar-refractivity contribution in [2.45, 2.75) is 11.8 Å². The molecule has 0 saturated carbocycles. The quantitative estimate of drug-likeness (QED) is 0.453. The number of hydrogen-bond acceptors (Lipinski definition) is 9. The Morgan fingerprint density at radius 3 is 2.33 bits per heavy atom. The highest BCUT2D eigenvalue weighted by Gasteiger charge is 2.33. The van der Waals surface area contributed by atoms with Crippen LogP contribution in [0.3, 0.4) is 0 Å². The molecule has 4 aromatic rings.